The van der Waals surface area contributed by atoms with Gasteiger partial charge in [0.25, 0.3) is 0 Å². The zero-order chi connectivity index (χ0) is 43.5. The molecule has 1 saturated heterocycles. The molecule has 7 atom stereocenters. The molecule has 1 fully saturated rings. The Kier molecular flexibility index (Phi) is 15.5. The standard InChI is InChI=1S/C41H57N11O8/c1-22(46-37(56)30-21-26-24-11-3-5-13-27(24)48-34(26)33(49-30)25-12-4-6-17-32(25)53)35(54)50-28(15-9-19-45-41(43)44)39(58)52-20-10-16-31(52)38(57)47-23(2)36(55)51-29(40(59)60)14-7-8-18-42/h3-6,11-13,17,22-23,28-31,33,48-49,53H,7-10,14-16,18-21,42H2,1-2H3,(H,46,56)(H,47,57)(H,50,54)(H,51,55)(H,59,60)(H4,43,44,45)/t22-,23-,28-,29-,30-,31-,33+/m0/s1. The van der Waals surface area contributed by atoms with Crippen molar-refractivity contribution in [3.05, 3.63) is 65.4 Å². The first kappa shape index (κ1) is 44.9. The summed E-state index contributed by atoms with van der Waals surface area (Å²) in [6.45, 7) is 3.67. The van der Waals surface area contributed by atoms with Gasteiger partial charge in [0.1, 0.15) is 36.0 Å². The predicted molar refractivity (Wildman–Crippen MR) is 223 cm³/mol. The number of aromatic hydroxyl groups is 1. The van der Waals surface area contributed by atoms with E-state index >= 15 is 0 Å². The molecule has 19 nitrogen and oxygen atoms in total. The largest absolute Gasteiger partial charge is 0.508 e. The van der Waals surface area contributed by atoms with Crippen molar-refractivity contribution in [1.82, 2.24) is 36.5 Å². The number of hydrogen-bond donors (Lipinski definition) is 11. The lowest BCUT2D eigenvalue weighted by atomic mass is 9.89. The molecular weight excluding hydrogens is 775 g/mol. The van der Waals surface area contributed by atoms with E-state index in [4.69, 9.17) is 17.2 Å². The molecule has 5 amide bonds. The maximum atomic E-state index is 14.1. The van der Waals surface area contributed by atoms with Crippen molar-refractivity contribution in [3.8, 4) is 5.75 Å². The van der Waals surface area contributed by atoms with Gasteiger partial charge in [-0.3, -0.25) is 34.3 Å². The molecule has 60 heavy (non-hydrogen) atoms. The molecule has 0 spiro atoms. The number of carboxylic acids is 1. The third-order valence-electron chi connectivity index (χ3n) is 10.9. The summed E-state index contributed by atoms with van der Waals surface area (Å²) in [7, 11) is 0. The molecule has 2 aliphatic rings. The second kappa shape index (κ2) is 20.7. The van der Waals surface area contributed by atoms with Gasteiger partial charge in [-0.25, -0.2) is 4.79 Å². The average molecular weight is 832 g/mol. The van der Waals surface area contributed by atoms with Gasteiger partial charge >= 0.3 is 5.97 Å². The fourth-order valence-electron chi connectivity index (χ4n) is 7.74. The number of para-hydroxylation sites is 2. The number of likely N-dealkylation sites (tertiary alicyclic amines) is 1. The Morgan fingerprint density at radius 2 is 1.52 bits per heavy atom. The van der Waals surface area contributed by atoms with E-state index in [1.165, 1.54) is 18.7 Å². The van der Waals surface area contributed by atoms with Gasteiger partial charge in [-0.1, -0.05) is 36.4 Å². The number of phenols is 1. The van der Waals surface area contributed by atoms with E-state index in [9.17, 15) is 39.0 Å². The number of carbonyl (C=O) groups excluding carboxylic acids is 5. The maximum Gasteiger partial charge on any atom is 0.326 e. The normalized spacial score (nSPS) is 19.2. The number of carboxylic acid groups (broad SMARTS) is 1. The number of nitrogens with one attached hydrogen (secondary N) is 6. The summed E-state index contributed by atoms with van der Waals surface area (Å²) in [4.78, 5) is 88.7. The van der Waals surface area contributed by atoms with Crippen LogP contribution in [0.3, 0.4) is 0 Å². The van der Waals surface area contributed by atoms with Crippen LogP contribution in [0.15, 0.2) is 53.5 Å². The number of nitrogens with zero attached hydrogens (tertiary/aromatic N) is 2. The monoisotopic (exact) mass is 831 g/mol. The minimum Gasteiger partial charge on any atom is -0.508 e. The van der Waals surface area contributed by atoms with Crippen LogP contribution in [-0.2, 0) is 35.2 Å². The number of aromatic amines is 1. The number of fused-ring (bicyclic) bond motifs is 3. The number of H-pyrrole nitrogens is 1. The Morgan fingerprint density at radius 3 is 2.20 bits per heavy atom. The zero-order valence-corrected chi connectivity index (χ0v) is 33.9. The summed E-state index contributed by atoms with van der Waals surface area (Å²) < 4.78 is 0. The van der Waals surface area contributed by atoms with Crippen molar-refractivity contribution >= 4 is 52.4 Å². The molecule has 0 bridgehead atoms. The Hall–Kier alpha value is -6.21. The first-order valence-corrected chi connectivity index (χ1v) is 20.3. The van der Waals surface area contributed by atoms with Gasteiger partial charge in [0.05, 0.1) is 12.1 Å². The summed E-state index contributed by atoms with van der Waals surface area (Å²) >= 11 is 0. The van der Waals surface area contributed by atoms with E-state index in [-0.39, 0.29) is 44.1 Å². The minimum absolute atomic E-state index is 0.0558. The Labute approximate surface area is 347 Å². The summed E-state index contributed by atoms with van der Waals surface area (Å²) in [5.41, 5.74) is 19.7. The Morgan fingerprint density at radius 1 is 0.867 bits per heavy atom. The van der Waals surface area contributed by atoms with Crippen LogP contribution in [0.2, 0.25) is 0 Å². The molecule has 3 aromatic rings. The highest BCUT2D eigenvalue weighted by Crippen LogP contribution is 2.38. The van der Waals surface area contributed by atoms with E-state index in [2.05, 4.69) is 36.6 Å². The third kappa shape index (κ3) is 11.1. The highest BCUT2D eigenvalue weighted by atomic mass is 16.4. The number of aromatic nitrogens is 1. The fraction of sp³-hybridized carbons (Fsp3) is 0.488. The van der Waals surface area contributed by atoms with Gasteiger partial charge in [0, 0.05) is 35.2 Å². The van der Waals surface area contributed by atoms with Crippen LogP contribution in [0.5, 0.6) is 5.75 Å². The number of carbonyl (C=O) groups is 6. The number of benzene rings is 2. The Bertz CT molecular complexity index is 2070. The first-order chi connectivity index (χ1) is 28.7. The number of unbranched alkanes of at least 4 members (excludes halogenated alkanes) is 1. The molecule has 2 aliphatic heterocycles. The van der Waals surface area contributed by atoms with Gasteiger partial charge in [0.2, 0.25) is 29.5 Å². The minimum atomic E-state index is -1.21. The number of amides is 5. The van der Waals surface area contributed by atoms with E-state index in [0.717, 1.165) is 22.2 Å². The topological polar surface area (TPSA) is 312 Å². The summed E-state index contributed by atoms with van der Waals surface area (Å²) in [5, 5.41) is 35.2. The van der Waals surface area contributed by atoms with Gasteiger partial charge in [-0.05, 0) is 89.5 Å². The van der Waals surface area contributed by atoms with Crippen molar-refractivity contribution in [2.24, 2.45) is 22.2 Å². The van der Waals surface area contributed by atoms with Crippen molar-refractivity contribution < 1.29 is 39.0 Å². The summed E-state index contributed by atoms with van der Waals surface area (Å²) in [5.74, 6) is -4.25. The number of guanidine groups is 1. The lowest BCUT2D eigenvalue weighted by Gasteiger charge is -2.32. The molecule has 1 aromatic heterocycles. The molecule has 14 N–H and O–H groups in total. The number of aliphatic imine (C=N–C) groups is 1. The molecule has 19 heteroatoms. The molecule has 324 valence electrons. The summed E-state index contributed by atoms with van der Waals surface area (Å²) in [6, 6.07) is 7.76. The van der Waals surface area contributed by atoms with Crippen LogP contribution in [0.4, 0.5) is 0 Å². The SMILES string of the molecule is C[C@H](NC(=O)[C@@H]1Cc2c([nH]c3ccccc23)[C@@H](c2ccccc2O)N1)C(=O)N[C@@H](CCCN=C(N)N)C(=O)N1CCC[C@H]1C(=O)N[C@@H](C)C(=O)N[C@@H](CCCCN)C(=O)O. The van der Waals surface area contributed by atoms with Crippen LogP contribution < -0.4 is 43.8 Å². The number of rotatable bonds is 19. The fourth-order valence-corrected chi connectivity index (χ4v) is 7.74. The van der Waals surface area contributed by atoms with Gasteiger partial charge in [0.15, 0.2) is 5.96 Å². The second-order valence-electron chi connectivity index (χ2n) is 15.3. The van der Waals surface area contributed by atoms with Gasteiger partial charge in [-0.2, -0.15) is 0 Å². The number of hydrogen-bond acceptors (Lipinski definition) is 10. The van der Waals surface area contributed by atoms with Gasteiger partial charge < -0.3 is 58.6 Å². The van der Waals surface area contributed by atoms with Crippen molar-refractivity contribution in [2.45, 2.75) is 108 Å². The highest BCUT2D eigenvalue weighted by Gasteiger charge is 2.40. The highest BCUT2D eigenvalue weighted by molar-refractivity contribution is 5.97. The number of nitrogens with two attached hydrogens (primary N) is 3. The maximum absolute atomic E-state index is 14.1. The molecule has 5 rings (SSSR count). The lowest BCUT2D eigenvalue weighted by Crippen LogP contribution is -2.58. The quantitative estimate of drug-likeness (QED) is 0.0422. The second-order valence-corrected chi connectivity index (χ2v) is 15.3. The molecule has 3 heterocycles. The Balaban J connectivity index is 1.26. The molecule has 2 aromatic carbocycles. The first-order valence-electron chi connectivity index (χ1n) is 20.3. The van der Waals surface area contributed by atoms with Crippen LogP contribution in [-0.4, -0.2) is 117 Å². The molecule has 0 aliphatic carbocycles. The molecule has 0 radical (unpaired) electrons. The van der Waals surface area contributed by atoms with Crippen LogP contribution >= 0.6 is 0 Å². The van der Waals surface area contributed by atoms with Crippen molar-refractivity contribution in [1.29, 1.82) is 0 Å². The van der Waals surface area contributed by atoms with Crippen LogP contribution in [0, 0.1) is 0 Å². The van der Waals surface area contributed by atoms with E-state index in [1.54, 1.807) is 24.3 Å². The van der Waals surface area contributed by atoms with E-state index in [0.29, 0.717) is 44.2 Å². The smallest absolute Gasteiger partial charge is 0.326 e. The van der Waals surface area contributed by atoms with Crippen molar-refractivity contribution in [3.63, 3.8) is 0 Å². The predicted octanol–water partition coefficient (Wildman–Crippen LogP) is -0.286. The lowest BCUT2D eigenvalue weighted by molar-refractivity contribution is -0.143. The zero-order valence-electron chi connectivity index (χ0n) is 33.9. The average Bonchev–Trinajstić information content (AvgIpc) is 3.87. The van der Waals surface area contributed by atoms with Gasteiger partial charge in [-0.15, -0.1) is 0 Å². The summed E-state index contributed by atoms with van der Waals surface area (Å²) in [6.07, 6.45) is 2.71. The van der Waals surface area contributed by atoms with E-state index in [1.807, 2.05) is 24.3 Å². The number of aliphatic carboxylic acids is 1. The molecule has 0 saturated carbocycles. The van der Waals surface area contributed by atoms with Crippen LogP contribution in [0.25, 0.3) is 10.9 Å². The molecule has 0 unspecified atom stereocenters. The van der Waals surface area contributed by atoms with Crippen molar-refractivity contribution in [2.75, 3.05) is 19.6 Å². The molecular formula is C41H57N11O8. The third-order valence-corrected chi connectivity index (χ3v) is 10.9. The van der Waals surface area contributed by atoms with E-state index < -0.39 is 77.8 Å². The van der Waals surface area contributed by atoms with Crippen LogP contribution in [0.1, 0.15) is 81.7 Å². The number of phenolic OH excluding ortho intramolecular Hbond substituents is 1.